The van der Waals surface area contributed by atoms with Gasteiger partial charge in [-0.15, -0.1) is 0 Å². The van der Waals surface area contributed by atoms with Crippen molar-refractivity contribution < 1.29 is 38.1 Å². The molecule has 0 N–H and O–H groups in total. The Morgan fingerprint density at radius 3 is 1.95 bits per heavy atom. The van der Waals surface area contributed by atoms with Crippen molar-refractivity contribution in [3.05, 3.63) is 82.9 Å². The molecule has 3 rings (SSSR count). The van der Waals surface area contributed by atoms with Gasteiger partial charge < -0.3 is 23.7 Å². The van der Waals surface area contributed by atoms with E-state index in [1.54, 1.807) is 25.3 Å². The second-order valence-corrected chi connectivity index (χ2v) is 8.77. The van der Waals surface area contributed by atoms with Gasteiger partial charge in [0.05, 0.1) is 20.8 Å². The monoisotopic (exact) mass is 520 g/mol. The van der Waals surface area contributed by atoms with Crippen LogP contribution in [0.1, 0.15) is 54.9 Å². The highest BCUT2D eigenvalue weighted by Crippen LogP contribution is 2.47. The fourth-order valence-electron chi connectivity index (χ4n) is 4.45. The molecular formula is C30H32O8. The van der Waals surface area contributed by atoms with E-state index in [1.165, 1.54) is 27.9 Å². The Morgan fingerprint density at radius 2 is 1.32 bits per heavy atom. The zero-order valence-electron chi connectivity index (χ0n) is 22.4. The Labute approximate surface area is 222 Å². The quantitative estimate of drug-likeness (QED) is 0.261. The smallest absolute Gasteiger partial charge is 0.308 e. The lowest BCUT2D eigenvalue weighted by Crippen LogP contribution is -2.21. The molecule has 0 heterocycles. The Bertz CT molecular complexity index is 1310. The van der Waals surface area contributed by atoms with Crippen LogP contribution in [0.3, 0.4) is 0 Å². The van der Waals surface area contributed by atoms with Crippen LogP contribution in [0.4, 0.5) is 0 Å². The highest BCUT2D eigenvalue weighted by atomic mass is 16.6. The summed E-state index contributed by atoms with van der Waals surface area (Å²) in [5.41, 5.74) is 3.18. The van der Waals surface area contributed by atoms with Gasteiger partial charge >= 0.3 is 17.9 Å². The predicted molar refractivity (Wildman–Crippen MR) is 141 cm³/mol. The lowest BCUT2D eigenvalue weighted by atomic mass is 9.76. The molecule has 2 atom stereocenters. The Balaban J connectivity index is 2.34. The molecule has 0 amide bonds. The van der Waals surface area contributed by atoms with Gasteiger partial charge in [0.1, 0.15) is 11.5 Å². The highest BCUT2D eigenvalue weighted by Gasteiger charge is 2.33. The van der Waals surface area contributed by atoms with E-state index in [-0.39, 0.29) is 12.4 Å². The van der Waals surface area contributed by atoms with E-state index < -0.39 is 29.7 Å². The van der Waals surface area contributed by atoms with E-state index in [4.69, 9.17) is 23.7 Å². The molecule has 3 aromatic rings. The van der Waals surface area contributed by atoms with E-state index in [0.717, 1.165) is 16.7 Å². The van der Waals surface area contributed by atoms with Crippen molar-refractivity contribution in [1.29, 1.82) is 0 Å². The molecule has 0 aliphatic carbocycles. The van der Waals surface area contributed by atoms with Gasteiger partial charge in [-0.1, -0.05) is 42.0 Å². The van der Waals surface area contributed by atoms with Crippen molar-refractivity contribution in [3.8, 4) is 23.0 Å². The van der Waals surface area contributed by atoms with Crippen LogP contribution < -0.4 is 18.9 Å². The number of rotatable bonds is 10. The van der Waals surface area contributed by atoms with Crippen LogP contribution in [-0.4, -0.2) is 38.7 Å². The maximum atomic E-state index is 12.0. The molecule has 0 aliphatic heterocycles. The minimum Gasteiger partial charge on any atom is -0.496 e. The minimum atomic E-state index is -0.500. The number of ether oxygens (including phenoxy) is 5. The topological polar surface area (TPSA) is 97.4 Å². The summed E-state index contributed by atoms with van der Waals surface area (Å²) in [5.74, 6) is -0.753. The second kappa shape index (κ2) is 12.8. The first-order chi connectivity index (χ1) is 18.1. The van der Waals surface area contributed by atoms with Gasteiger partial charge in [0.25, 0.3) is 0 Å². The fraction of sp³-hybridized carbons (Fsp3) is 0.300. The fourth-order valence-corrected chi connectivity index (χ4v) is 4.45. The lowest BCUT2D eigenvalue weighted by molar-refractivity contribution is -0.141. The number of benzene rings is 3. The summed E-state index contributed by atoms with van der Waals surface area (Å²) in [6.07, 6.45) is 0. The van der Waals surface area contributed by atoms with Gasteiger partial charge in [-0.25, -0.2) is 0 Å². The standard InChI is InChI=1S/C30H32O8/c1-18-11-13-27(37-20(3)32)24(15-18)30(22-12-14-28(38-21(4)33)29(16-22)35-6)25(17-36-19(2)31)23-9-7-8-10-26(23)34-5/h7-16,25,30H,17H2,1-6H3. The Hall–Kier alpha value is -4.33. The molecule has 0 spiro atoms. The van der Waals surface area contributed by atoms with Crippen molar-refractivity contribution >= 4 is 17.9 Å². The largest absolute Gasteiger partial charge is 0.496 e. The molecule has 0 saturated heterocycles. The molecule has 0 aromatic heterocycles. The third kappa shape index (κ3) is 6.91. The summed E-state index contributed by atoms with van der Waals surface area (Å²) in [6, 6.07) is 18.2. The first kappa shape index (κ1) is 28.2. The average Bonchev–Trinajstić information content (AvgIpc) is 2.87. The highest BCUT2D eigenvalue weighted by molar-refractivity contribution is 5.71. The molecule has 0 radical (unpaired) electrons. The van der Waals surface area contributed by atoms with Crippen molar-refractivity contribution in [2.75, 3.05) is 20.8 Å². The summed E-state index contributed by atoms with van der Waals surface area (Å²) in [6.45, 7) is 5.95. The van der Waals surface area contributed by atoms with Crippen LogP contribution in [0.5, 0.6) is 23.0 Å². The van der Waals surface area contributed by atoms with Crippen LogP contribution in [0.2, 0.25) is 0 Å². The average molecular weight is 521 g/mol. The number of methoxy groups -OCH3 is 2. The summed E-state index contributed by atoms with van der Waals surface area (Å²) < 4.78 is 27.7. The molecule has 0 saturated carbocycles. The summed E-state index contributed by atoms with van der Waals surface area (Å²) in [7, 11) is 3.05. The van der Waals surface area contributed by atoms with Gasteiger partial charge in [0.2, 0.25) is 0 Å². The van der Waals surface area contributed by atoms with E-state index in [9.17, 15) is 14.4 Å². The van der Waals surface area contributed by atoms with Gasteiger partial charge in [-0.3, -0.25) is 14.4 Å². The third-order valence-electron chi connectivity index (χ3n) is 5.96. The molecule has 8 heteroatoms. The second-order valence-electron chi connectivity index (χ2n) is 8.77. The molecule has 2 unspecified atom stereocenters. The number of esters is 3. The zero-order chi connectivity index (χ0) is 27.8. The van der Waals surface area contributed by atoms with E-state index in [2.05, 4.69) is 0 Å². The molecule has 38 heavy (non-hydrogen) atoms. The SMILES string of the molecule is COc1cc(C(c2cc(C)ccc2OC(C)=O)C(COC(C)=O)c2ccccc2OC)ccc1OC(C)=O. The maximum Gasteiger partial charge on any atom is 0.308 e. The Morgan fingerprint density at radius 1 is 0.684 bits per heavy atom. The number of carbonyl (C=O) groups is 3. The lowest BCUT2D eigenvalue weighted by Gasteiger charge is -2.31. The van der Waals surface area contributed by atoms with Crippen molar-refractivity contribution in [3.63, 3.8) is 0 Å². The third-order valence-corrected chi connectivity index (χ3v) is 5.96. The van der Waals surface area contributed by atoms with Gasteiger partial charge in [-0.05, 0) is 36.8 Å². The van der Waals surface area contributed by atoms with Crippen LogP contribution in [0.25, 0.3) is 0 Å². The van der Waals surface area contributed by atoms with Crippen LogP contribution in [0, 0.1) is 6.92 Å². The molecular weight excluding hydrogens is 488 g/mol. The number of para-hydroxylation sites is 1. The van der Waals surface area contributed by atoms with E-state index in [1.807, 2.05) is 49.4 Å². The normalized spacial score (nSPS) is 12.2. The molecule has 0 bridgehead atoms. The number of aryl methyl sites for hydroxylation is 1. The van der Waals surface area contributed by atoms with Gasteiger partial charge in [0, 0.05) is 43.7 Å². The number of hydrogen-bond acceptors (Lipinski definition) is 8. The van der Waals surface area contributed by atoms with E-state index in [0.29, 0.717) is 22.8 Å². The van der Waals surface area contributed by atoms with E-state index >= 15 is 0 Å². The number of hydrogen-bond donors (Lipinski definition) is 0. The first-order valence-corrected chi connectivity index (χ1v) is 12.1. The first-order valence-electron chi connectivity index (χ1n) is 12.1. The van der Waals surface area contributed by atoms with Crippen molar-refractivity contribution in [1.82, 2.24) is 0 Å². The molecule has 8 nitrogen and oxygen atoms in total. The van der Waals surface area contributed by atoms with Crippen LogP contribution in [-0.2, 0) is 19.1 Å². The summed E-state index contributed by atoms with van der Waals surface area (Å²) in [4.78, 5) is 35.6. The maximum absolute atomic E-state index is 12.0. The summed E-state index contributed by atoms with van der Waals surface area (Å²) >= 11 is 0. The summed E-state index contributed by atoms with van der Waals surface area (Å²) in [5, 5.41) is 0. The molecule has 3 aromatic carbocycles. The van der Waals surface area contributed by atoms with Crippen LogP contribution in [0.15, 0.2) is 60.7 Å². The predicted octanol–water partition coefficient (Wildman–Crippen LogP) is 5.34. The molecule has 0 aliphatic rings. The van der Waals surface area contributed by atoms with Crippen molar-refractivity contribution in [2.24, 2.45) is 0 Å². The zero-order valence-corrected chi connectivity index (χ0v) is 22.4. The van der Waals surface area contributed by atoms with Gasteiger partial charge in [-0.2, -0.15) is 0 Å². The molecule has 0 fully saturated rings. The van der Waals surface area contributed by atoms with Crippen LogP contribution >= 0.6 is 0 Å². The van der Waals surface area contributed by atoms with Gasteiger partial charge in [0.15, 0.2) is 11.5 Å². The minimum absolute atomic E-state index is 0.0157. The number of carbonyl (C=O) groups excluding carboxylic acids is 3. The Kier molecular flexibility index (Phi) is 9.49. The molecule has 200 valence electrons. The van der Waals surface area contributed by atoms with Crippen molar-refractivity contribution in [2.45, 2.75) is 39.5 Å².